The lowest BCUT2D eigenvalue weighted by atomic mass is 10.2. The van der Waals surface area contributed by atoms with Crippen molar-refractivity contribution in [1.29, 1.82) is 0 Å². The fourth-order valence-electron chi connectivity index (χ4n) is 3.37. The first-order valence-corrected chi connectivity index (χ1v) is 8.97. The number of rotatable bonds is 3. The van der Waals surface area contributed by atoms with Gasteiger partial charge >= 0.3 is 0 Å². The van der Waals surface area contributed by atoms with Gasteiger partial charge in [-0.15, -0.1) is 24.0 Å². The number of ether oxygens (including phenoxy) is 1. The van der Waals surface area contributed by atoms with Gasteiger partial charge in [-0.1, -0.05) is 13.8 Å². The van der Waals surface area contributed by atoms with Crippen LogP contribution >= 0.6 is 24.0 Å². The lowest BCUT2D eigenvalue weighted by Crippen LogP contribution is -2.55. The van der Waals surface area contributed by atoms with Crippen molar-refractivity contribution >= 4 is 35.8 Å². The van der Waals surface area contributed by atoms with Gasteiger partial charge in [0.25, 0.3) is 5.91 Å². The molecule has 1 amide bonds. The highest BCUT2D eigenvalue weighted by Gasteiger charge is 2.46. The van der Waals surface area contributed by atoms with E-state index in [1.807, 2.05) is 4.90 Å². The van der Waals surface area contributed by atoms with Gasteiger partial charge in [-0.05, 0) is 31.6 Å². The van der Waals surface area contributed by atoms with E-state index in [1.165, 1.54) is 6.42 Å². The Morgan fingerprint density at radius 3 is 2.38 bits per heavy atom. The summed E-state index contributed by atoms with van der Waals surface area (Å²) in [5.41, 5.74) is 0.381. The minimum atomic E-state index is -0.198. The van der Waals surface area contributed by atoms with Crippen LogP contribution in [0, 0.1) is 5.41 Å². The molecule has 2 unspecified atom stereocenters. The van der Waals surface area contributed by atoms with Crippen LogP contribution in [0.5, 0.6) is 0 Å². The SMILES string of the molecule is CCN=C(NC1CC1(C)C)N1CCN(C(=O)C2CCCO2)CC1.I. The Morgan fingerprint density at radius 1 is 1.25 bits per heavy atom. The molecule has 2 saturated heterocycles. The zero-order valence-corrected chi connectivity index (χ0v) is 17.4. The Morgan fingerprint density at radius 2 is 1.88 bits per heavy atom. The number of guanidine groups is 1. The van der Waals surface area contributed by atoms with Gasteiger partial charge in [0, 0.05) is 45.4 Å². The van der Waals surface area contributed by atoms with Crippen LogP contribution in [0.4, 0.5) is 0 Å². The molecular formula is C17H31IN4O2. The van der Waals surface area contributed by atoms with Gasteiger partial charge in [0.15, 0.2) is 5.96 Å². The Kier molecular flexibility index (Phi) is 6.75. The van der Waals surface area contributed by atoms with Crippen LogP contribution in [0.2, 0.25) is 0 Å². The topological polar surface area (TPSA) is 57.2 Å². The molecule has 7 heteroatoms. The van der Waals surface area contributed by atoms with E-state index in [4.69, 9.17) is 4.74 Å². The van der Waals surface area contributed by atoms with Crippen molar-refractivity contribution in [3.8, 4) is 0 Å². The fraction of sp³-hybridized carbons (Fsp3) is 0.882. The minimum absolute atomic E-state index is 0. The number of carbonyl (C=O) groups excluding carboxylic acids is 1. The third-order valence-corrected chi connectivity index (χ3v) is 5.22. The predicted octanol–water partition coefficient (Wildman–Crippen LogP) is 1.69. The van der Waals surface area contributed by atoms with Gasteiger partial charge in [0.05, 0.1) is 0 Å². The van der Waals surface area contributed by atoms with E-state index < -0.39 is 0 Å². The summed E-state index contributed by atoms with van der Waals surface area (Å²) < 4.78 is 5.52. The molecule has 2 aliphatic heterocycles. The molecular weight excluding hydrogens is 419 g/mol. The number of carbonyl (C=O) groups is 1. The number of nitrogens with zero attached hydrogens (tertiary/aromatic N) is 3. The lowest BCUT2D eigenvalue weighted by molar-refractivity contribution is -0.142. The van der Waals surface area contributed by atoms with E-state index in [-0.39, 0.29) is 36.0 Å². The molecule has 0 aromatic heterocycles. The third-order valence-electron chi connectivity index (χ3n) is 5.22. The normalized spacial score (nSPS) is 29.2. The molecule has 0 aromatic carbocycles. The number of piperazine rings is 1. The number of aliphatic imine (C=N–C) groups is 1. The molecule has 3 fully saturated rings. The smallest absolute Gasteiger partial charge is 0.251 e. The summed E-state index contributed by atoms with van der Waals surface area (Å²) in [4.78, 5) is 21.3. The molecule has 1 saturated carbocycles. The molecule has 24 heavy (non-hydrogen) atoms. The number of halogens is 1. The molecule has 6 nitrogen and oxygen atoms in total. The van der Waals surface area contributed by atoms with Gasteiger partial charge in [-0.2, -0.15) is 0 Å². The second-order valence-electron chi connectivity index (χ2n) is 7.50. The highest BCUT2D eigenvalue weighted by atomic mass is 127. The average Bonchev–Trinajstić information content (AvgIpc) is 2.95. The first kappa shape index (κ1) is 19.8. The maximum Gasteiger partial charge on any atom is 0.251 e. The fourth-order valence-corrected chi connectivity index (χ4v) is 3.37. The van der Waals surface area contributed by atoms with Crippen LogP contribution in [0.25, 0.3) is 0 Å². The maximum atomic E-state index is 12.4. The number of nitrogens with one attached hydrogen (secondary N) is 1. The lowest BCUT2D eigenvalue weighted by Gasteiger charge is -2.37. The van der Waals surface area contributed by atoms with Crippen LogP contribution in [-0.4, -0.2) is 73.1 Å². The first-order chi connectivity index (χ1) is 11.0. The van der Waals surface area contributed by atoms with E-state index in [1.54, 1.807) is 0 Å². The molecule has 3 rings (SSSR count). The monoisotopic (exact) mass is 450 g/mol. The number of hydrogen-bond acceptors (Lipinski definition) is 3. The van der Waals surface area contributed by atoms with E-state index >= 15 is 0 Å². The van der Waals surface area contributed by atoms with Crippen LogP contribution in [-0.2, 0) is 9.53 Å². The van der Waals surface area contributed by atoms with Gasteiger partial charge in [-0.3, -0.25) is 9.79 Å². The van der Waals surface area contributed by atoms with Crippen molar-refractivity contribution in [2.75, 3.05) is 39.3 Å². The molecule has 0 bridgehead atoms. The molecule has 0 spiro atoms. The summed E-state index contributed by atoms with van der Waals surface area (Å²) in [6, 6.07) is 0.527. The summed E-state index contributed by atoms with van der Waals surface area (Å²) in [6.07, 6.45) is 2.88. The third kappa shape index (κ3) is 4.53. The van der Waals surface area contributed by atoms with Gasteiger partial charge in [0.2, 0.25) is 0 Å². The largest absolute Gasteiger partial charge is 0.368 e. The highest BCUT2D eigenvalue weighted by Crippen LogP contribution is 2.44. The quantitative estimate of drug-likeness (QED) is 0.404. The van der Waals surface area contributed by atoms with Crippen LogP contribution in [0.1, 0.15) is 40.0 Å². The maximum absolute atomic E-state index is 12.4. The van der Waals surface area contributed by atoms with E-state index in [0.29, 0.717) is 11.5 Å². The molecule has 2 atom stereocenters. The molecule has 2 heterocycles. The molecule has 0 aromatic rings. The van der Waals surface area contributed by atoms with Crippen molar-refractivity contribution in [3.05, 3.63) is 0 Å². The van der Waals surface area contributed by atoms with Crippen LogP contribution < -0.4 is 5.32 Å². The minimum Gasteiger partial charge on any atom is -0.368 e. The van der Waals surface area contributed by atoms with Crippen molar-refractivity contribution in [1.82, 2.24) is 15.1 Å². The Hall–Kier alpha value is -0.570. The molecule has 3 aliphatic rings. The van der Waals surface area contributed by atoms with Crippen LogP contribution in [0.15, 0.2) is 4.99 Å². The van der Waals surface area contributed by atoms with Crippen molar-refractivity contribution in [2.45, 2.75) is 52.2 Å². The second kappa shape index (κ2) is 8.21. The van der Waals surface area contributed by atoms with Gasteiger partial charge in [0.1, 0.15) is 6.10 Å². The molecule has 1 aliphatic carbocycles. The van der Waals surface area contributed by atoms with E-state index in [0.717, 1.165) is 58.1 Å². The molecule has 1 N–H and O–H groups in total. The van der Waals surface area contributed by atoms with E-state index in [9.17, 15) is 4.79 Å². The Labute approximate surface area is 162 Å². The zero-order chi connectivity index (χ0) is 16.4. The number of amides is 1. The van der Waals surface area contributed by atoms with E-state index in [2.05, 4.69) is 36.0 Å². The highest BCUT2D eigenvalue weighted by molar-refractivity contribution is 14.0. The number of hydrogen-bond donors (Lipinski definition) is 1. The summed E-state index contributed by atoms with van der Waals surface area (Å²) in [6.45, 7) is 11.4. The van der Waals surface area contributed by atoms with Crippen LogP contribution in [0.3, 0.4) is 0 Å². The van der Waals surface area contributed by atoms with Gasteiger partial charge < -0.3 is 19.9 Å². The molecule has 138 valence electrons. The zero-order valence-electron chi connectivity index (χ0n) is 15.1. The van der Waals surface area contributed by atoms with Crippen molar-refractivity contribution in [2.24, 2.45) is 10.4 Å². The Bertz CT molecular complexity index is 469. The Balaban J connectivity index is 0.00000208. The van der Waals surface area contributed by atoms with Gasteiger partial charge in [-0.25, -0.2) is 0 Å². The predicted molar refractivity (Wildman–Crippen MR) is 106 cm³/mol. The summed E-state index contributed by atoms with van der Waals surface area (Å²) in [5, 5.41) is 3.60. The second-order valence-corrected chi connectivity index (χ2v) is 7.50. The summed E-state index contributed by atoms with van der Waals surface area (Å²) >= 11 is 0. The summed E-state index contributed by atoms with van der Waals surface area (Å²) in [7, 11) is 0. The van der Waals surface area contributed by atoms with Crippen molar-refractivity contribution < 1.29 is 9.53 Å². The first-order valence-electron chi connectivity index (χ1n) is 8.97. The standard InChI is InChI=1S/C17H30N4O2.HI/c1-4-18-16(19-14-12-17(14,2)3)21-9-7-20(8-10-21)15(22)13-6-5-11-23-13;/h13-14H,4-12H2,1-3H3,(H,18,19);1H. The van der Waals surface area contributed by atoms with Crippen molar-refractivity contribution in [3.63, 3.8) is 0 Å². The molecule has 0 radical (unpaired) electrons. The average molecular weight is 450 g/mol. The summed E-state index contributed by atoms with van der Waals surface area (Å²) in [5.74, 6) is 1.18.